The highest BCUT2D eigenvalue weighted by Gasteiger charge is 1.99. The molecule has 2 rings (SSSR count). The molecule has 0 radical (unpaired) electrons. The van der Waals surface area contributed by atoms with Gasteiger partial charge in [0.05, 0.1) is 5.69 Å². The van der Waals surface area contributed by atoms with Crippen molar-refractivity contribution in [1.82, 2.24) is 10.3 Å². The number of nitrogens with zero attached hydrogens (tertiary/aromatic N) is 1. The lowest BCUT2D eigenvalue weighted by molar-refractivity contribution is -0.119. The lowest BCUT2D eigenvalue weighted by Crippen LogP contribution is -2.18. The molecule has 0 spiro atoms. The molecule has 1 amide bonds. The van der Waals surface area contributed by atoms with E-state index in [2.05, 4.69) is 10.3 Å². The fraction of sp³-hybridized carbons (Fsp3) is 0.143. The number of amides is 1. The number of nitrogens with one attached hydrogen (secondary N) is 1. The van der Waals surface area contributed by atoms with Crippen LogP contribution in [0.25, 0.3) is 11.3 Å². The standard InChI is InChI=1S/C14H14N2O/c1-11(17)16-10-12-5-7-13(8-6-12)14-4-2-3-9-15-14/h2-9H,10H2,1H3,(H,16,17). The van der Waals surface area contributed by atoms with Crippen LogP contribution in [-0.2, 0) is 11.3 Å². The molecule has 17 heavy (non-hydrogen) atoms. The number of hydrogen-bond donors (Lipinski definition) is 1. The van der Waals surface area contributed by atoms with Crippen molar-refractivity contribution < 1.29 is 4.79 Å². The molecule has 1 aromatic carbocycles. The van der Waals surface area contributed by atoms with Crippen molar-refractivity contribution in [3.8, 4) is 11.3 Å². The zero-order valence-electron chi connectivity index (χ0n) is 9.68. The molecule has 1 heterocycles. The van der Waals surface area contributed by atoms with Crippen LogP contribution in [0.2, 0.25) is 0 Å². The summed E-state index contributed by atoms with van der Waals surface area (Å²) in [5, 5.41) is 2.77. The minimum atomic E-state index is -0.0150. The molecule has 1 N–H and O–H groups in total. The second kappa shape index (κ2) is 5.25. The van der Waals surface area contributed by atoms with Crippen molar-refractivity contribution in [1.29, 1.82) is 0 Å². The second-order valence-electron chi connectivity index (χ2n) is 3.82. The zero-order valence-corrected chi connectivity index (χ0v) is 9.68. The molecule has 0 saturated heterocycles. The van der Waals surface area contributed by atoms with E-state index in [9.17, 15) is 4.79 Å². The van der Waals surface area contributed by atoms with Crippen LogP contribution < -0.4 is 5.32 Å². The molecule has 0 saturated carbocycles. The Balaban J connectivity index is 2.11. The lowest BCUT2D eigenvalue weighted by atomic mass is 10.1. The van der Waals surface area contributed by atoms with Gasteiger partial charge in [0.15, 0.2) is 0 Å². The molecule has 2 aromatic rings. The summed E-state index contributed by atoms with van der Waals surface area (Å²) in [7, 11) is 0. The number of aromatic nitrogens is 1. The molecule has 0 aliphatic carbocycles. The van der Waals surface area contributed by atoms with E-state index in [0.29, 0.717) is 6.54 Å². The van der Waals surface area contributed by atoms with Crippen LogP contribution in [0.3, 0.4) is 0 Å². The van der Waals surface area contributed by atoms with Crippen LogP contribution in [-0.4, -0.2) is 10.9 Å². The largest absolute Gasteiger partial charge is 0.352 e. The van der Waals surface area contributed by atoms with Crippen molar-refractivity contribution in [3.05, 3.63) is 54.2 Å². The monoisotopic (exact) mass is 226 g/mol. The summed E-state index contributed by atoms with van der Waals surface area (Å²) in [5.74, 6) is -0.0150. The lowest BCUT2D eigenvalue weighted by Gasteiger charge is -2.04. The molecule has 0 fully saturated rings. The van der Waals surface area contributed by atoms with Crippen LogP contribution >= 0.6 is 0 Å². The molecule has 0 atom stereocenters. The Hall–Kier alpha value is -2.16. The summed E-state index contributed by atoms with van der Waals surface area (Å²) >= 11 is 0. The maximum Gasteiger partial charge on any atom is 0.217 e. The first-order chi connectivity index (χ1) is 8.25. The van der Waals surface area contributed by atoms with Gasteiger partial charge in [-0.2, -0.15) is 0 Å². The van der Waals surface area contributed by atoms with Gasteiger partial charge < -0.3 is 5.32 Å². The highest BCUT2D eigenvalue weighted by Crippen LogP contribution is 2.16. The van der Waals surface area contributed by atoms with Gasteiger partial charge in [0.2, 0.25) is 5.91 Å². The van der Waals surface area contributed by atoms with E-state index < -0.39 is 0 Å². The van der Waals surface area contributed by atoms with Gasteiger partial charge in [0.1, 0.15) is 0 Å². The highest BCUT2D eigenvalue weighted by atomic mass is 16.1. The van der Waals surface area contributed by atoms with Gasteiger partial charge in [0.25, 0.3) is 0 Å². The van der Waals surface area contributed by atoms with Gasteiger partial charge in [-0.05, 0) is 17.7 Å². The predicted molar refractivity (Wildman–Crippen MR) is 67.2 cm³/mol. The highest BCUT2D eigenvalue weighted by molar-refractivity contribution is 5.72. The first-order valence-corrected chi connectivity index (χ1v) is 5.50. The van der Waals surface area contributed by atoms with E-state index >= 15 is 0 Å². The van der Waals surface area contributed by atoms with E-state index in [0.717, 1.165) is 16.8 Å². The Morgan fingerprint density at radius 1 is 1.18 bits per heavy atom. The third-order valence-electron chi connectivity index (χ3n) is 2.46. The van der Waals surface area contributed by atoms with Gasteiger partial charge in [-0.3, -0.25) is 9.78 Å². The summed E-state index contributed by atoms with van der Waals surface area (Å²) in [5.41, 5.74) is 3.12. The van der Waals surface area contributed by atoms with Crippen molar-refractivity contribution in [3.63, 3.8) is 0 Å². The van der Waals surface area contributed by atoms with E-state index in [-0.39, 0.29) is 5.91 Å². The van der Waals surface area contributed by atoms with Gasteiger partial charge in [0, 0.05) is 25.2 Å². The normalized spacial score (nSPS) is 9.94. The number of carbonyl (C=O) groups is 1. The number of hydrogen-bond acceptors (Lipinski definition) is 2. The minimum Gasteiger partial charge on any atom is -0.352 e. The molecular formula is C14H14N2O. The molecule has 0 bridgehead atoms. The molecule has 0 aliphatic heterocycles. The topological polar surface area (TPSA) is 42.0 Å². The fourth-order valence-corrected chi connectivity index (χ4v) is 1.55. The van der Waals surface area contributed by atoms with Crippen molar-refractivity contribution in [2.45, 2.75) is 13.5 Å². The maximum atomic E-state index is 10.8. The fourth-order valence-electron chi connectivity index (χ4n) is 1.55. The molecule has 0 aliphatic rings. The van der Waals surface area contributed by atoms with E-state index in [1.165, 1.54) is 6.92 Å². The summed E-state index contributed by atoms with van der Waals surface area (Å²) in [6.45, 7) is 2.08. The van der Waals surface area contributed by atoms with Crippen molar-refractivity contribution in [2.24, 2.45) is 0 Å². The average Bonchev–Trinajstić information content (AvgIpc) is 2.38. The molecular weight excluding hydrogens is 212 g/mol. The first kappa shape index (κ1) is 11.3. The smallest absolute Gasteiger partial charge is 0.217 e. The molecule has 0 unspecified atom stereocenters. The zero-order chi connectivity index (χ0) is 12.1. The second-order valence-corrected chi connectivity index (χ2v) is 3.82. The third kappa shape index (κ3) is 3.14. The number of pyridine rings is 1. The molecule has 86 valence electrons. The van der Waals surface area contributed by atoms with Crippen LogP contribution in [0, 0.1) is 0 Å². The van der Waals surface area contributed by atoms with Gasteiger partial charge in [-0.15, -0.1) is 0 Å². The summed E-state index contributed by atoms with van der Waals surface area (Å²) in [6, 6.07) is 13.9. The molecule has 3 heteroatoms. The summed E-state index contributed by atoms with van der Waals surface area (Å²) < 4.78 is 0. The SMILES string of the molecule is CC(=O)NCc1ccc(-c2ccccn2)cc1. The molecule has 3 nitrogen and oxygen atoms in total. The Labute approximate surface area is 101 Å². The van der Waals surface area contributed by atoms with Crippen LogP contribution in [0.5, 0.6) is 0 Å². The molecule has 1 aromatic heterocycles. The summed E-state index contributed by atoms with van der Waals surface area (Å²) in [6.07, 6.45) is 1.78. The number of rotatable bonds is 3. The number of carbonyl (C=O) groups excluding carboxylic acids is 1. The van der Waals surface area contributed by atoms with Crippen LogP contribution in [0.1, 0.15) is 12.5 Å². The van der Waals surface area contributed by atoms with Gasteiger partial charge >= 0.3 is 0 Å². The Morgan fingerprint density at radius 2 is 1.94 bits per heavy atom. The van der Waals surface area contributed by atoms with Gasteiger partial charge in [-0.25, -0.2) is 0 Å². The quantitative estimate of drug-likeness (QED) is 0.873. The summed E-state index contributed by atoms with van der Waals surface area (Å²) in [4.78, 5) is 15.1. The minimum absolute atomic E-state index is 0.0150. The maximum absolute atomic E-state index is 10.8. The van der Waals surface area contributed by atoms with Crippen LogP contribution in [0.4, 0.5) is 0 Å². The first-order valence-electron chi connectivity index (χ1n) is 5.50. The van der Waals surface area contributed by atoms with Crippen molar-refractivity contribution in [2.75, 3.05) is 0 Å². The van der Waals surface area contributed by atoms with Crippen LogP contribution in [0.15, 0.2) is 48.7 Å². The Bertz CT molecular complexity index is 491. The average molecular weight is 226 g/mol. The predicted octanol–water partition coefficient (Wildman–Crippen LogP) is 2.38. The van der Waals surface area contributed by atoms with Crippen molar-refractivity contribution >= 4 is 5.91 Å². The van der Waals surface area contributed by atoms with E-state index in [1.54, 1.807) is 6.20 Å². The Morgan fingerprint density at radius 3 is 2.53 bits per heavy atom. The number of benzene rings is 1. The van der Waals surface area contributed by atoms with E-state index in [4.69, 9.17) is 0 Å². The third-order valence-corrected chi connectivity index (χ3v) is 2.46. The van der Waals surface area contributed by atoms with Gasteiger partial charge in [-0.1, -0.05) is 30.3 Å². The van der Waals surface area contributed by atoms with E-state index in [1.807, 2.05) is 42.5 Å². The Kier molecular flexibility index (Phi) is 3.50.